The lowest BCUT2D eigenvalue weighted by molar-refractivity contribution is 0.483. The Kier molecular flexibility index (Phi) is 3.77. The van der Waals surface area contributed by atoms with Crippen molar-refractivity contribution in [2.75, 3.05) is 0 Å². The standard InChI is InChI=1S/C22H14ClN3O/c23-21-20-19(11-12-24-21)25-22(26-20)17-8-4-5-14-9-10-16(13-18(14)17)27-15-6-2-1-3-7-15/h1-13H,(H,25,26). The molecule has 0 radical (unpaired) electrons. The first-order chi connectivity index (χ1) is 13.3. The normalized spacial score (nSPS) is 11.1. The Morgan fingerprint density at radius 2 is 1.74 bits per heavy atom. The van der Waals surface area contributed by atoms with E-state index >= 15 is 0 Å². The predicted octanol–water partition coefficient (Wildman–Crippen LogP) is 6.22. The smallest absolute Gasteiger partial charge is 0.156 e. The fourth-order valence-electron chi connectivity index (χ4n) is 3.18. The molecule has 0 saturated carbocycles. The van der Waals surface area contributed by atoms with E-state index in [0.717, 1.165) is 39.2 Å². The molecule has 130 valence electrons. The summed E-state index contributed by atoms with van der Waals surface area (Å²) in [6.45, 7) is 0. The van der Waals surface area contributed by atoms with Crippen LogP contribution >= 0.6 is 11.6 Å². The maximum atomic E-state index is 6.18. The minimum absolute atomic E-state index is 0.392. The zero-order valence-corrected chi connectivity index (χ0v) is 14.9. The van der Waals surface area contributed by atoms with E-state index in [9.17, 15) is 0 Å². The predicted molar refractivity (Wildman–Crippen MR) is 108 cm³/mol. The monoisotopic (exact) mass is 371 g/mol. The molecular formula is C22H14ClN3O. The summed E-state index contributed by atoms with van der Waals surface area (Å²) in [6, 6.07) is 23.8. The Morgan fingerprint density at radius 3 is 2.59 bits per heavy atom. The van der Waals surface area contributed by atoms with Crippen molar-refractivity contribution in [1.29, 1.82) is 0 Å². The minimum atomic E-state index is 0.392. The Balaban J connectivity index is 1.65. The van der Waals surface area contributed by atoms with Gasteiger partial charge in [-0.3, -0.25) is 0 Å². The molecule has 0 unspecified atom stereocenters. The van der Waals surface area contributed by atoms with Crippen LogP contribution in [0.4, 0.5) is 0 Å². The Labute approximate surface area is 160 Å². The molecule has 27 heavy (non-hydrogen) atoms. The molecule has 4 nitrogen and oxygen atoms in total. The first kappa shape index (κ1) is 15.9. The van der Waals surface area contributed by atoms with Crippen LogP contribution in [0, 0.1) is 0 Å². The van der Waals surface area contributed by atoms with Crippen LogP contribution in [0.25, 0.3) is 33.2 Å². The summed E-state index contributed by atoms with van der Waals surface area (Å²) in [5.41, 5.74) is 2.51. The van der Waals surface area contributed by atoms with Gasteiger partial charge in [-0.2, -0.15) is 0 Å². The molecule has 0 bridgehead atoms. The molecule has 5 rings (SSSR count). The molecule has 0 aliphatic carbocycles. The highest BCUT2D eigenvalue weighted by Gasteiger charge is 2.12. The number of nitrogens with zero attached hydrogens (tertiary/aromatic N) is 2. The van der Waals surface area contributed by atoms with Crippen molar-refractivity contribution in [3.8, 4) is 22.9 Å². The second kappa shape index (κ2) is 6.41. The summed E-state index contributed by atoms with van der Waals surface area (Å²) >= 11 is 6.18. The molecule has 0 amide bonds. The number of benzene rings is 3. The molecule has 2 heterocycles. The van der Waals surface area contributed by atoms with E-state index in [0.29, 0.717) is 10.7 Å². The van der Waals surface area contributed by atoms with Gasteiger partial charge in [-0.25, -0.2) is 9.97 Å². The van der Waals surface area contributed by atoms with Crippen molar-refractivity contribution < 1.29 is 4.74 Å². The van der Waals surface area contributed by atoms with Gasteiger partial charge in [0.05, 0.1) is 5.52 Å². The average molecular weight is 372 g/mol. The SMILES string of the molecule is Clc1nccc2[nH]c(-c3cccc4ccc(Oc5ccccc5)cc34)nc12. The Bertz CT molecular complexity index is 1260. The lowest BCUT2D eigenvalue weighted by atomic mass is 10.0. The molecule has 0 atom stereocenters. The number of nitrogens with one attached hydrogen (secondary N) is 1. The van der Waals surface area contributed by atoms with Crippen molar-refractivity contribution in [1.82, 2.24) is 15.0 Å². The van der Waals surface area contributed by atoms with E-state index in [1.165, 1.54) is 0 Å². The maximum absolute atomic E-state index is 6.18. The van der Waals surface area contributed by atoms with Crippen molar-refractivity contribution in [3.05, 3.63) is 84.1 Å². The van der Waals surface area contributed by atoms with Gasteiger partial charge in [0, 0.05) is 11.8 Å². The number of ether oxygens (including phenoxy) is 1. The Morgan fingerprint density at radius 1 is 0.852 bits per heavy atom. The summed E-state index contributed by atoms with van der Waals surface area (Å²) in [4.78, 5) is 12.1. The number of halogens is 1. The van der Waals surface area contributed by atoms with Crippen LogP contribution in [-0.2, 0) is 0 Å². The number of pyridine rings is 1. The molecular weight excluding hydrogens is 358 g/mol. The van der Waals surface area contributed by atoms with E-state index in [-0.39, 0.29) is 0 Å². The summed E-state index contributed by atoms with van der Waals surface area (Å²) in [5.74, 6) is 2.33. The second-order valence-corrected chi connectivity index (χ2v) is 6.54. The van der Waals surface area contributed by atoms with Crippen LogP contribution in [0.15, 0.2) is 79.0 Å². The van der Waals surface area contributed by atoms with Crippen LogP contribution in [0.3, 0.4) is 0 Å². The second-order valence-electron chi connectivity index (χ2n) is 6.19. The molecule has 0 spiro atoms. The van der Waals surface area contributed by atoms with Crippen molar-refractivity contribution >= 4 is 33.4 Å². The molecule has 3 aromatic carbocycles. The number of para-hydroxylation sites is 1. The number of imidazole rings is 1. The number of fused-ring (bicyclic) bond motifs is 2. The third-order valence-corrected chi connectivity index (χ3v) is 4.72. The number of aromatic nitrogens is 3. The molecule has 1 N–H and O–H groups in total. The van der Waals surface area contributed by atoms with Gasteiger partial charge in [0.25, 0.3) is 0 Å². The van der Waals surface area contributed by atoms with E-state index in [1.807, 2.05) is 66.7 Å². The van der Waals surface area contributed by atoms with Gasteiger partial charge in [0.15, 0.2) is 5.15 Å². The van der Waals surface area contributed by atoms with Gasteiger partial charge in [0.2, 0.25) is 0 Å². The topological polar surface area (TPSA) is 50.8 Å². The van der Waals surface area contributed by atoms with Gasteiger partial charge in [-0.15, -0.1) is 0 Å². The average Bonchev–Trinajstić information content (AvgIpc) is 3.14. The molecule has 0 saturated heterocycles. The summed E-state index contributed by atoms with van der Waals surface area (Å²) in [7, 11) is 0. The van der Waals surface area contributed by atoms with Gasteiger partial charge < -0.3 is 9.72 Å². The van der Waals surface area contributed by atoms with Crippen LogP contribution in [-0.4, -0.2) is 15.0 Å². The fraction of sp³-hybridized carbons (Fsp3) is 0. The van der Waals surface area contributed by atoms with Crippen molar-refractivity contribution in [3.63, 3.8) is 0 Å². The van der Waals surface area contributed by atoms with Gasteiger partial charge in [-0.05, 0) is 41.1 Å². The van der Waals surface area contributed by atoms with Crippen LogP contribution in [0.2, 0.25) is 5.15 Å². The summed E-state index contributed by atoms with van der Waals surface area (Å²) in [6.07, 6.45) is 1.67. The van der Waals surface area contributed by atoms with Crippen molar-refractivity contribution in [2.24, 2.45) is 0 Å². The van der Waals surface area contributed by atoms with E-state index in [1.54, 1.807) is 6.20 Å². The van der Waals surface area contributed by atoms with E-state index < -0.39 is 0 Å². The largest absolute Gasteiger partial charge is 0.457 e. The zero-order chi connectivity index (χ0) is 18.2. The summed E-state index contributed by atoms with van der Waals surface area (Å²) in [5, 5.41) is 2.55. The number of rotatable bonds is 3. The van der Waals surface area contributed by atoms with Crippen LogP contribution < -0.4 is 4.74 Å². The fourth-order valence-corrected chi connectivity index (χ4v) is 3.38. The lowest BCUT2D eigenvalue weighted by Gasteiger charge is -2.09. The van der Waals surface area contributed by atoms with E-state index in [4.69, 9.17) is 16.3 Å². The number of hydrogen-bond donors (Lipinski definition) is 1. The molecule has 5 heteroatoms. The van der Waals surface area contributed by atoms with E-state index in [2.05, 4.69) is 21.0 Å². The van der Waals surface area contributed by atoms with Gasteiger partial charge in [-0.1, -0.05) is 54.1 Å². The molecule has 0 fully saturated rings. The number of aromatic amines is 1. The summed E-state index contributed by atoms with van der Waals surface area (Å²) < 4.78 is 5.99. The van der Waals surface area contributed by atoms with Crippen LogP contribution in [0.5, 0.6) is 11.5 Å². The highest BCUT2D eigenvalue weighted by Crippen LogP contribution is 2.33. The zero-order valence-electron chi connectivity index (χ0n) is 14.2. The lowest BCUT2D eigenvalue weighted by Crippen LogP contribution is -1.87. The molecule has 2 aromatic heterocycles. The first-order valence-corrected chi connectivity index (χ1v) is 8.92. The quantitative estimate of drug-likeness (QED) is 0.383. The molecule has 0 aliphatic heterocycles. The van der Waals surface area contributed by atoms with Gasteiger partial charge in [0.1, 0.15) is 22.8 Å². The first-order valence-electron chi connectivity index (χ1n) is 8.54. The number of hydrogen-bond acceptors (Lipinski definition) is 3. The maximum Gasteiger partial charge on any atom is 0.156 e. The number of H-pyrrole nitrogens is 1. The molecule has 0 aliphatic rings. The van der Waals surface area contributed by atoms with Gasteiger partial charge >= 0.3 is 0 Å². The third kappa shape index (κ3) is 2.90. The third-order valence-electron chi connectivity index (χ3n) is 4.44. The highest BCUT2D eigenvalue weighted by atomic mass is 35.5. The van der Waals surface area contributed by atoms with Crippen molar-refractivity contribution in [2.45, 2.75) is 0 Å². The van der Waals surface area contributed by atoms with Crippen LogP contribution in [0.1, 0.15) is 0 Å². The highest BCUT2D eigenvalue weighted by molar-refractivity contribution is 6.33. The molecule has 5 aromatic rings. The minimum Gasteiger partial charge on any atom is -0.457 e. The Hall–Kier alpha value is -3.37.